The average molecular weight is 413 g/mol. The largest absolute Gasteiger partial charge is 0.369 e. The minimum Gasteiger partial charge on any atom is -0.369 e. The van der Waals surface area contributed by atoms with Crippen molar-refractivity contribution < 1.29 is 9.18 Å². The van der Waals surface area contributed by atoms with Crippen molar-refractivity contribution in [2.75, 3.05) is 24.5 Å². The number of pyridine rings is 1. The fourth-order valence-electron chi connectivity index (χ4n) is 3.57. The first-order chi connectivity index (χ1) is 14.6. The zero-order chi connectivity index (χ0) is 21.3. The van der Waals surface area contributed by atoms with Gasteiger partial charge in [0.05, 0.1) is 12.5 Å². The Hall–Kier alpha value is -3.16. The molecule has 4 N–H and O–H groups in total. The molecule has 0 saturated carbocycles. The SMILES string of the molecule is CCNC(=NCc1cccnc1N1CCCC(C(N)=O)C1)NCc1ccccc1F. The number of amides is 1. The molecule has 30 heavy (non-hydrogen) atoms. The van der Waals surface area contributed by atoms with E-state index in [1.807, 2.05) is 25.1 Å². The van der Waals surface area contributed by atoms with E-state index < -0.39 is 0 Å². The molecular formula is C22H29FN6O. The summed E-state index contributed by atoms with van der Waals surface area (Å²) in [7, 11) is 0. The molecule has 0 bridgehead atoms. The topological polar surface area (TPSA) is 95.6 Å². The molecule has 7 nitrogen and oxygen atoms in total. The van der Waals surface area contributed by atoms with E-state index in [2.05, 4.69) is 25.5 Å². The summed E-state index contributed by atoms with van der Waals surface area (Å²) in [6.07, 6.45) is 3.47. The van der Waals surface area contributed by atoms with Crippen molar-refractivity contribution in [2.45, 2.75) is 32.9 Å². The molecule has 1 saturated heterocycles. The zero-order valence-corrected chi connectivity index (χ0v) is 17.3. The number of nitrogens with one attached hydrogen (secondary N) is 2. The standard InChI is InChI=1S/C22H29FN6O/c1-2-25-22(27-13-16-7-3-4-10-19(16)23)28-14-17-8-5-11-26-21(17)29-12-6-9-18(15-29)20(24)30/h3-5,7-8,10-11,18H,2,6,9,12-15H2,1H3,(H2,24,30)(H2,25,27,28). The number of benzene rings is 1. The van der Waals surface area contributed by atoms with Gasteiger partial charge in [-0.05, 0) is 31.9 Å². The van der Waals surface area contributed by atoms with Gasteiger partial charge in [-0.2, -0.15) is 0 Å². The number of hydrogen-bond donors (Lipinski definition) is 3. The summed E-state index contributed by atoms with van der Waals surface area (Å²) < 4.78 is 13.9. The highest BCUT2D eigenvalue weighted by Crippen LogP contribution is 2.25. The lowest BCUT2D eigenvalue weighted by atomic mass is 9.97. The highest BCUT2D eigenvalue weighted by molar-refractivity contribution is 5.80. The average Bonchev–Trinajstić information content (AvgIpc) is 2.77. The van der Waals surface area contributed by atoms with E-state index in [0.717, 1.165) is 30.8 Å². The van der Waals surface area contributed by atoms with E-state index in [-0.39, 0.29) is 17.6 Å². The Balaban J connectivity index is 1.71. The Morgan fingerprint density at radius 1 is 1.27 bits per heavy atom. The summed E-state index contributed by atoms with van der Waals surface area (Å²) >= 11 is 0. The monoisotopic (exact) mass is 412 g/mol. The van der Waals surface area contributed by atoms with Crippen LogP contribution in [0, 0.1) is 11.7 Å². The maximum Gasteiger partial charge on any atom is 0.222 e. The number of aromatic nitrogens is 1. The van der Waals surface area contributed by atoms with Crippen LogP contribution in [-0.2, 0) is 17.9 Å². The van der Waals surface area contributed by atoms with Crippen LogP contribution in [0.1, 0.15) is 30.9 Å². The summed E-state index contributed by atoms with van der Waals surface area (Å²) in [6, 6.07) is 10.5. The van der Waals surface area contributed by atoms with E-state index in [0.29, 0.717) is 37.7 Å². The number of carbonyl (C=O) groups is 1. The van der Waals surface area contributed by atoms with E-state index in [4.69, 9.17) is 5.73 Å². The van der Waals surface area contributed by atoms with Crippen molar-refractivity contribution in [1.82, 2.24) is 15.6 Å². The van der Waals surface area contributed by atoms with Gasteiger partial charge < -0.3 is 21.3 Å². The number of rotatable bonds is 7. The highest BCUT2D eigenvalue weighted by Gasteiger charge is 2.25. The van der Waals surface area contributed by atoms with Gasteiger partial charge in [0.25, 0.3) is 0 Å². The number of guanidine groups is 1. The molecule has 2 aromatic rings. The fraction of sp³-hybridized carbons (Fsp3) is 0.409. The number of nitrogens with zero attached hydrogens (tertiary/aromatic N) is 3. The Labute approximate surface area is 176 Å². The molecule has 1 amide bonds. The van der Waals surface area contributed by atoms with Crippen molar-refractivity contribution in [2.24, 2.45) is 16.6 Å². The van der Waals surface area contributed by atoms with Crippen LogP contribution in [-0.4, -0.2) is 36.5 Å². The maximum absolute atomic E-state index is 13.9. The number of nitrogens with two attached hydrogens (primary N) is 1. The van der Waals surface area contributed by atoms with Gasteiger partial charge in [0.1, 0.15) is 11.6 Å². The maximum atomic E-state index is 13.9. The van der Waals surface area contributed by atoms with Gasteiger partial charge in [0.2, 0.25) is 5.91 Å². The van der Waals surface area contributed by atoms with Gasteiger partial charge in [-0.15, -0.1) is 0 Å². The van der Waals surface area contributed by atoms with Crippen LogP contribution in [0.4, 0.5) is 10.2 Å². The van der Waals surface area contributed by atoms with Gasteiger partial charge in [0, 0.05) is 43.5 Å². The van der Waals surface area contributed by atoms with Crippen molar-refractivity contribution in [3.05, 3.63) is 59.5 Å². The Kier molecular flexibility index (Phi) is 7.59. The smallest absolute Gasteiger partial charge is 0.222 e. The molecule has 0 spiro atoms. The van der Waals surface area contributed by atoms with Gasteiger partial charge in [-0.25, -0.2) is 14.4 Å². The summed E-state index contributed by atoms with van der Waals surface area (Å²) in [5.41, 5.74) is 7.06. The molecule has 2 heterocycles. The number of halogens is 1. The zero-order valence-electron chi connectivity index (χ0n) is 17.3. The highest BCUT2D eigenvalue weighted by atomic mass is 19.1. The second-order valence-electron chi connectivity index (χ2n) is 7.31. The van der Waals surface area contributed by atoms with Crippen LogP contribution in [0.25, 0.3) is 0 Å². The minimum absolute atomic E-state index is 0.156. The second-order valence-corrected chi connectivity index (χ2v) is 7.31. The Morgan fingerprint density at radius 3 is 2.83 bits per heavy atom. The Bertz CT molecular complexity index is 887. The molecule has 1 aliphatic rings. The lowest BCUT2D eigenvalue weighted by molar-refractivity contribution is -0.122. The van der Waals surface area contributed by atoms with Crippen molar-refractivity contribution >= 4 is 17.7 Å². The first-order valence-corrected chi connectivity index (χ1v) is 10.3. The molecule has 1 aliphatic heterocycles. The van der Waals surface area contributed by atoms with Crippen LogP contribution in [0.5, 0.6) is 0 Å². The van der Waals surface area contributed by atoms with E-state index in [1.165, 1.54) is 6.07 Å². The molecule has 1 unspecified atom stereocenters. The molecule has 1 aromatic carbocycles. The molecular weight excluding hydrogens is 383 g/mol. The Morgan fingerprint density at radius 2 is 2.07 bits per heavy atom. The van der Waals surface area contributed by atoms with Gasteiger partial charge >= 0.3 is 0 Å². The lowest BCUT2D eigenvalue weighted by Gasteiger charge is -2.33. The summed E-state index contributed by atoms with van der Waals surface area (Å²) in [6.45, 7) is 4.83. The fourth-order valence-corrected chi connectivity index (χ4v) is 3.57. The number of anilines is 1. The molecule has 1 aromatic heterocycles. The van der Waals surface area contributed by atoms with Crippen LogP contribution >= 0.6 is 0 Å². The predicted molar refractivity (Wildman–Crippen MR) is 116 cm³/mol. The molecule has 1 fully saturated rings. The van der Waals surface area contributed by atoms with Gasteiger partial charge in [-0.3, -0.25) is 4.79 Å². The first-order valence-electron chi connectivity index (χ1n) is 10.3. The van der Waals surface area contributed by atoms with Gasteiger partial charge in [-0.1, -0.05) is 24.3 Å². The van der Waals surface area contributed by atoms with E-state index in [9.17, 15) is 9.18 Å². The van der Waals surface area contributed by atoms with Crippen LogP contribution in [0.15, 0.2) is 47.6 Å². The van der Waals surface area contributed by atoms with Gasteiger partial charge in [0.15, 0.2) is 5.96 Å². The third-order valence-corrected chi connectivity index (χ3v) is 5.15. The molecule has 0 radical (unpaired) electrons. The minimum atomic E-state index is -0.262. The molecule has 3 rings (SSSR count). The number of carbonyl (C=O) groups excluding carboxylic acids is 1. The molecule has 8 heteroatoms. The number of piperidine rings is 1. The van der Waals surface area contributed by atoms with Crippen LogP contribution < -0.4 is 21.3 Å². The molecule has 1 atom stereocenters. The predicted octanol–water partition coefficient (Wildman–Crippen LogP) is 2.18. The second kappa shape index (κ2) is 10.6. The third kappa shape index (κ3) is 5.68. The molecule has 0 aliphatic carbocycles. The van der Waals surface area contributed by atoms with E-state index in [1.54, 1.807) is 18.3 Å². The number of hydrogen-bond acceptors (Lipinski definition) is 4. The quantitative estimate of drug-likeness (QED) is 0.479. The first kappa shape index (κ1) is 21.5. The summed E-state index contributed by atoms with van der Waals surface area (Å²) in [5.74, 6) is 0.768. The van der Waals surface area contributed by atoms with Crippen molar-refractivity contribution in [1.29, 1.82) is 0 Å². The summed E-state index contributed by atoms with van der Waals surface area (Å²) in [5, 5.41) is 6.36. The number of aliphatic imine (C=N–C) groups is 1. The third-order valence-electron chi connectivity index (χ3n) is 5.15. The molecule has 160 valence electrons. The van der Waals surface area contributed by atoms with Crippen molar-refractivity contribution in [3.8, 4) is 0 Å². The van der Waals surface area contributed by atoms with Crippen LogP contribution in [0.3, 0.4) is 0 Å². The summed E-state index contributed by atoms with van der Waals surface area (Å²) in [4.78, 5) is 22.9. The normalized spacial score (nSPS) is 16.9. The lowest BCUT2D eigenvalue weighted by Crippen LogP contribution is -2.42. The van der Waals surface area contributed by atoms with Crippen LogP contribution in [0.2, 0.25) is 0 Å². The van der Waals surface area contributed by atoms with Crippen molar-refractivity contribution in [3.63, 3.8) is 0 Å². The number of primary amides is 1. The van der Waals surface area contributed by atoms with E-state index >= 15 is 0 Å².